The Kier molecular flexibility index (Phi) is 6.89. The Hall–Kier alpha value is -3.19. The number of esters is 1. The summed E-state index contributed by atoms with van der Waals surface area (Å²) in [4.78, 5) is 23.1. The number of nitrogens with zero attached hydrogens (tertiary/aromatic N) is 1. The number of aryl methyl sites for hydroxylation is 1. The summed E-state index contributed by atoms with van der Waals surface area (Å²) in [6.45, 7) is 9.31. The number of rotatable bonds is 7. The van der Waals surface area contributed by atoms with Gasteiger partial charge in [-0.05, 0) is 47.2 Å². The fourth-order valence-corrected chi connectivity index (χ4v) is 3.61. The first-order valence-electron chi connectivity index (χ1n) is 8.38. The predicted octanol–water partition coefficient (Wildman–Crippen LogP) is 1.14. The van der Waals surface area contributed by atoms with Gasteiger partial charge in [-0.3, -0.25) is 9.10 Å². The maximum atomic E-state index is 13.1. The molecule has 1 amide bonds. The van der Waals surface area contributed by atoms with Crippen LogP contribution in [0, 0.1) is 6.92 Å². The lowest BCUT2D eigenvalue weighted by Crippen LogP contribution is -2.32. The van der Waals surface area contributed by atoms with E-state index in [9.17, 15) is 13.8 Å². The first kappa shape index (κ1) is 21.1. The molecule has 0 aliphatic rings. The third-order valence-electron chi connectivity index (χ3n) is 4.11. The van der Waals surface area contributed by atoms with Gasteiger partial charge in [-0.1, -0.05) is 37.4 Å². The fraction of sp³-hybridized carbons (Fsp3) is 0.143. The van der Waals surface area contributed by atoms with E-state index >= 15 is 0 Å². The lowest BCUT2D eigenvalue weighted by atomic mass is 10.1. The topological polar surface area (TPSA) is 89.7 Å². The average molecular weight is 398 g/mol. The summed E-state index contributed by atoms with van der Waals surface area (Å²) in [5.41, 5.74) is 6.84. The number of carbonyl (C=O) groups is 2. The summed E-state index contributed by atoms with van der Waals surface area (Å²) in [7, 11) is 0.144. The van der Waals surface area contributed by atoms with Gasteiger partial charge in [0.1, 0.15) is 0 Å². The average Bonchev–Trinajstić information content (AvgIpc) is 2.69. The second-order valence-electron chi connectivity index (χ2n) is 6.01. The summed E-state index contributed by atoms with van der Waals surface area (Å²) in [6.07, 6.45) is 1.56. The van der Waals surface area contributed by atoms with Crippen LogP contribution < -0.4 is 20.5 Å². The molecular formula is C21H22N2O4S. The SMILES string of the molecule is C=C/C(=c1/cccc(C)c1=C)S(=O)N(C)c1ccc(C(=O)OCC(N)=O)cc1. The first-order valence-corrected chi connectivity index (χ1v) is 9.49. The van der Waals surface area contributed by atoms with E-state index in [0.29, 0.717) is 10.6 Å². The van der Waals surface area contributed by atoms with Crippen LogP contribution in [0.15, 0.2) is 55.1 Å². The molecule has 0 radical (unpaired) electrons. The van der Waals surface area contributed by atoms with Crippen LogP contribution in [0.4, 0.5) is 5.69 Å². The van der Waals surface area contributed by atoms with E-state index in [1.165, 1.54) is 12.1 Å². The predicted molar refractivity (Wildman–Crippen MR) is 112 cm³/mol. The molecule has 2 N–H and O–H groups in total. The van der Waals surface area contributed by atoms with Crippen molar-refractivity contribution < 1.29 is 18.5 Å². The Bertz CT molecular complexity index is 1050. The van der Waals surface area contributed by atoms with Crippen molar-refractivity contribution in [1.82, 2.24) is 0 Å². The number of nitrogens with two attached hydrogens (primary N) is 1. The Labute approximate surface area is 166 Å². The molecule has 28 heavy (non-hydrogen) atoms. The van der Waals surface area contributed by atoms with Crippen molar-refractivity contribution in [3.63, 3.8) is 0 Å². The molecule has 2 aromatic rings. The van der Waals surface area contributed by atoms with Gasteiger partial charge in [0.2, 0.25) is 0 Å². The van der Waals surface area contributed by atoms with Crippen LogP contribution in [0.5, 0.6) is 0 Å². The Morgan fingerprint density at radius 1 is 1.21 bits per heavy atom. The molecule has 0 saturated heterocycles. The molecule has 0 heterocycles. The molecular weight excluding hydrogens is 376 g/mol. The summed E-state index contributed by atoms with van der Waals surface area (Å²) in [5.74, 6) is -1.39. The molecule has 2 rings (SSSR count). The van der Waals surface area contributed by atoms with Crippen molar-refractivity contribution in [2.24, 2.45) is 5.73 Å². The molecule has 146 valence electrons. The van der Waals surface area contributed by atoms with Gasteiger partial charge >= 0.3 is 5.97 Å². The zero-order valence-electron chi connectivity index (χ0n) is 15.8. The highest BCUT2D eigenvalue weighted by Gasteiger charge is 2.15. The van der Waals surface area contributed by atoms with Gasteiger partial charge in [0.25, 0.3) is 5.91 Å². The molecule has 0 spiro atoms. The van der Waals surface area contributed by atoms with Crippen molar-refractivity contribution >= 4 is 40.0 Å². The number of hydrogen-bond acceptors (Lipinski definition) is 4. The molecule has 0 saturated carbocycles. The maximum Gasteiger partial charge on any atom is 0.338 e. The van der Waals surface area contributed by atoms with Gasteiger partial charge in [0.05, 0.1) is 10.5 Å². The van der Waals surface area contributed by atoms with Gasteiger partial charge < -0.3 is 10.5 Å². The van der Waals surface area contributed by atoms with Gasteiger partial charge in [-0.2, -0.15) is 0 Å². The Morgan fingerprint density at radius 3 is 2.43 bits per heavy atom. The van der Waals surface area contributed by atoms with E-state index in [1.807, 2.05) is 25.1 Å². The van der Waals surface area contributed by atoms with E-state index in [1.54, 1.807) is 29.6 Å². The van der Waals surface area contributed by atoms with Crippen molar-refractivity contribution in [2.45, 2.75) is 6.92 Å². The minimum atomic E-state index is -1.54. The summed E-state index contributed by atoms with van der Waals surface area (Å²) in [5, 5.41) is 1.57. The van der Waals surface area contributed by atoms with Crippen molar-refractivity contribution in [3.8, 4) is 0 Å². The molecule has 7 heteroatoms. The molecule has 2 aromatic carbocycles. The second kappa shape index (κ2) is 9.14. The van der Waals surface area contributed by atoms with E-state index in [0.717, 1.165) is 16.0 Å². The zero-order chi connectivity index (χ0) is 20.8. The highest BCUT2D eigenvalue weighted by atomic mass is 32.2. The Balaban J connectivity index is 2.31. The van der Waals surface area contributed by atoms with Crippen LogP contribution in [-0.2, 0) is 20.5 Å². The largest absolute Gasteiger partial charge is 0.452 e. The van der Waals surface area contributed by atoms with Crippen LogP contribution >= 0.6 is 0 Å². The number of ether oxygens (including phenoxy) is 1. The lowest BCUT2D eigenvalue weighted by Gasteiger charge is -2.19. The number of hydrogen-bond donors (Lipinski definition) is 1. The second-order valence-corrected chi connectivity index (χ2v) is 7.49. The third kappa shape index (κ3) is 4.75. The molecule has 0 aromatic heterocycles. The normalized spacial score (nSPS) is 12.6. The highest BCUT2D eigenvalue weighted by Crippen LogP contribution is 2.19. The molecule has 1 atom stereocenters. The number of carbonyl (C=O) groups excluding carboxylic acids is 2. The lowest BCUT2D eigenvalue weighted by molar-refractivity contribution is -0.121. The van der Waals surface area contributed by atoms with Crippen LogP contribution in [0.1, 0.15) is 15.9 Å². The van der Waals surface area contributed by atoms with Crippen LogP contribution in [0.25, 0.3) is 11.5 Å². The number of benzene rings is 2. The van der Waals surface area contributed by atoms with Gasteiger partial charge in [-0.15, -0.1) is 0 Å². The third-order valence-corrected chi connectivity index (χ3v) is 5.58. The van der Waals surface area contributed by atoms with Crippen LogP contribution in [0.3, 0.4) is 0 Å². The Morgan fingerprint density at radius 2 is 1.86 bits per heavy atom. The van der Waals surface area contributed by atoms with E-state index in [2.05, 4.69) is 13.2 Å². The molecule has 0 aliphatic carbocycles. The monoisotopic (exact) mass is 398 g/mol. The highest BCUT2D eigenvalue weighted by molar-refractivity contribution is 7.95. The molecule has 6 nitrogen and oxygen atoms in total. The van der Waals surface area contributed by atoms with E-state index < -0.39 is 29.5 Å². The fourth-order valence-electron chi connectivity index (χ4n) is 2.48. The number of amides is 1. The summed E-state index contributed by atoms with van der Waals surface area (Å²) >= 11 is 0. The first-order chi connectivity index (χ1) is 13.3. The minimum Gasteiger partial charge on any atom is -0.452 e. The zero-order valence-corrected chi connectivity index (χ0v) is 16.6. The smallest absolute Gasteiger partial charge is 0.338 e. The van der Waals surface area contributed by atoms with Crippen molar-refractivity contribution in [3.05, 3.63) is 76.7 Å². The molecule has 0 fully saturated rings. The van der Waals surface area contributed by atoms with Gasteiger partial charge in [-0.25, -0.2) is 9.00 Å². The van der Waals surface area contributed by atoms with E-state index in [4.69, 9.17) is 10.5 Å². The molecule has 1 unspecified atom stereocenters. The van der Waals surface area contributed by atoms with Gasteiger partial charge in [0, 0.05) is 12.7 Å². The number of primary amides is 1. The molecule has 0 aliphatic heterocycles. The van der Waals surface area contributed by atoms with Crippen molar-refractivity contribution in [2.75, 3.05) is 18.0 Å². The van der Waals surface area contributed by atoms with Crippen LogP contribution in [-0.4, -0.2) is 29.7 Å². The number of anilines is 1. The van der Waals surface area contributed by atoms with Gasteiger partial charge in [0.15, 0.2) is 17.6 Å². The molecule has 0 bridgehead atoms. The van der Waals surface area contributed by atoms with E-state index in [-0.39, 0.29) is 5.56 Å². The quantitative estimate of drug-likeness (QED) is 0.709. The summed E-state index contributed by atoms with van der Waals surface area (Å²) < 4.78 is 19.4. The standard InChI is InChI=1S/C21H22N2O4S/c1-5-19(18-8-6-7-14(2)15(18)3)28(26)23(4)17-11-9-16(10-12-17)21(25)27-13-20(22)24/h5-12H,1,3,13H2,2,4H3,(H2,22,24)/b19-18+. The minimum absolute atomic E-state index is 0.260. The van der Waals surface area contributed by atoms with Crippen LogP contribution in [0.2, 0.25) is 0 Å². The van der Waals surface area contributed by atoms with Crippen molar-refractivity contribution in [1.29, 1.82) is 0 Å². The maximum absolute atomic E-state index is 13.1. The summed E-state index contributed by atoms with van der Waals surface area (Å²) in [6, 6.07) is 12.0.